The summed E-state index contributed by atoms with van der Waals surface area (Å²) < 4.78 is 39.5. The second-order valence-electron chi connectivity index (χ2n) is 5.16. The molecule has 1 aromatic heterocycles. The summed E-state index contributed by atoms with van der Waals surface area (Å²) in [6.45, 7) is 2.94. The van der Waals surface area contributed by atoms with Gasteiger partial charge in [-0.2, -0.15) is 18.3 Å². The average molecular weight is 295 g/mol. The van der Waals surface area contributed by atoms with E-state index in [4.69, 9.17) is 0 Å². The van der Waals surface area contributed by atoms with Crippen LogP contribution in [-0.4, -0.2) is 16.3 Å². The minimum atomic E-state index is -4.31. The summed E-state index contributed by atoms with van der Waals surface area (Å²) >= 11 is 0. The third kappa shape index (κ3) is 2.50. The molecule has 0 amide bonds. The van der Waals surface area contributed by atoms with Crippen LogP contribution < -0.4 is 5.32 Å². The molecule has 112 valence electrons. The van der Waals surface area contributed by atoms with E-state index in [0.29, 0.717) is 5.69 Å². The Bertz CT molecular complexity index is 641. The van der Waals surface area contributed by atoms with Gasteiger partial charge < -0.3 is 5.32 Å². The highest BCUT2D eigenvalue weighted by Crippen LogP contribution is 2.32. The van der Waals surface area contributed by atoms with Crippen LogP contribution in [0.15, 0.2) is 24.3 Å². The van der Waals surface area contributed by atoms with Crippen LogP contribution in [0.4, 0.5) is 19.0 Å². The molecule has 2 heterocycles. The molecule has 0 atom stereocenters. The van der Waals surface area contributed by atoms with Crippen molar-refractivity contribution >= 4 is 5.82 Å². The number of aromatic nitrogens is 2. The first-order chi connectivity index (χ1) is 10.0. The molecular weight excluding hydrogens is 279 g/mol. The van der Waals surface area contributed by atoms with Crippen LogP contribution >= 0.6 is 0 Å². The topological polar surface area (TPSA) is 29.9 Å². The Balaban J connectivity index is 1.99. The number of hydrogen-bond acceptors (Lipinski definition) is 2. The first kappa shape index (κ1) is 14.0. The molecule has 0 saturated carbocycles. The fraction of sp³-hybridized carbons (Fsp3) is 0.400. The van der Waals surface area contributed by atoms with E-state index in [1.54, 1.807) is 4.68 Å². The van der Waals surface area contributed by atoms with Crippen LogP contribution in [0.1, 0.15) is 30.2 Å². The van der Waals surface area contributed by atoms with Gasteiger partial charge in [0.1, 0.15) is 5.82 Å². The molecule has 0 fully saturated rings. The normalized spacial score (nSPS) is 14.1. The number of fused-ring (bicyclic) bond motifs is 1. The minimum Gasteiger partial charge on any atom is -0.369 e. The summed E-state index contributed by atoms with van der Waals surface area (Å²) in [6, 6.07) is 5.12. The number of nitrogens with one attached hydrogen (secondary N) is 1. The van der Waals surface area contributed by atoms with E-state index in [1.807, 2.05) is 0 Å². The number of anilines is 1. The molecule has 3 nitrogen and oxygen atoms in total. The molecule has 2 aromatic rings. The van der Waals surface area contributed by atoms with Crippen LogP contribution in [0.2, 0.25) is 0 Å². The molecule has 0 spiro atoms. The third-order valence-corrected chi connectivity index (χ3v) is 3.66. The number of benzene rings is 1. The van der Waals surface area contributed by atoms with Crippen molar-refractivity contribution in [3.63, 3.8) is 0 Å². The maximum absolute atomic E-state index is 12.6. The Morgan fingerprint density at radius 2 is 1.95 bits per heavy atom. The largest absolute Gasteiger partial charge is 0.416 e. The van der Waals surface area contributed by atoms with Gasteiger partial charge in [-0.3, -0.25) is 0 Å². The highest BCUT2D eigenvalue weighted by Gasteiger charge is 2.30. The lowest BCUT2D eigenvalue weighted by Crippen LogP contribution is -2.07. The van der Waals surface area contributed by atoms with Crippen LogP contribution in [0.25, 0.3) is 5.69 Å². The molecule has 1 aliphatic heterocycles. The molecule has 0 unspecified atom stereocenters. The third-order valence-electron chi connectivity index (χ3n) is 3.66. The van der Waals surface area contributed by atoms with Crippen molar-refractivity contribution in [2.24, 2.45) is 0 Å². The van der Waals surface area contributed by atoms with E-state index >= 15 is 0 Å². The molecule has 1 N–H and O–H groups in total. The highest BCUT2D eigenvalue weighted by atomic mass is 19.4. The molecule has 0 saturated heterocycles. The molecule has 0 aliphatic carbocycles. The summed E-state index contributed by atoms with van der Waals surface area (Å²) in [7, 11) is 0. The Kier molecular flexibility index (Phi) is 3.39. The molecule has 1 aromatic carbocycles. The predicted octanol–water partition coefficient (Wildman–Crippen LogP) is 3.81. The van der Waals surface area contributed by atoms with Crippen molar-refractivity contribution in [2.75, 3.05) is 11.9 Å². The summed E-state index contributed by atoms with van der Waals surface area (Å²) in [6.07, 6.45) is -1.50. The SMILES string of the molecule is CCCc1nn(-c2ccc(C(F)(F)F)cc2)c2c1CCN2. The van der Waals surface area contributed by atoms with Gasteiger partial charge in [-0.05, 0) is 37.1 Å². The summed E-state index contributed by atoms with van der Waals surface area (Å²) in [5, 5.41) is 7.83. The first-order valence-electron chi connectivity index (χ1n) is 7.03. The van der Waals surface area contributed by atoms with E-state index in [0.717, 1.165) is 49.5 Å². The minimum absolute atomic E-state index is 0.642. The number of alkyl halides is 3. The molecule has 1 aliphatic rings. The van der Waals surface area contributed by atoms with Gasteiger partial charge in [-0.15, -0.1) is 0 Å². The van der Waals surface area contributed by atoms with Gasteiger partial charge in [0.2, 0.25) is 0 Å². The van der Waals surface area contributed by atoms with Crippen molar-refractivity contribution in [1.82, 2.24) is 9.78 Å². The molecule has 0 radical (unpaired) electrons. The molecule has 21 heavy (non-hydrogen) atoms. The van der Waals surface area contributed by atoms with Gasteiger partial charge in [-0.25, -0.2) is 4.68 Å². The lowest BCUT2D eigenvalue weighted by Gasteiger charge is -2.09. The second-order valence-corrected chi connectivity index (χ2v) is 5.16. The maximum Gasteiger partial charge on any atom is 0.416 e. The fourth-order valence-corrected chi connectivity index (χ4v) is 2.66. The molecule has 6 heteroatoms. The van der Waals surface area contributed by atoms with Gasteiger partial charge in [0, 0.05) is 12.1 Å². The quantitative estimate of drug-likeness (QED) is 0.933. The monoisotopic (exact) mass is 295 g/mol. The lowest BCUT2D eigenvalue weighted by molar-refractivity contribution is -0.137. The van der Waals surface area contributed by atoms with E-state index < -0.39 is 11.7 Å². The highest BCUT2D eigenvalue weighted by molar-refractivity contribution is 5.57. The first-order valence-corrected chi connectivity index (χ1v) is 7.03. The Hall–Kier alpha value is -1.98. The van der Waals surface area contributed by atoms with Crippen LogP contribution in [0.3, 0.4) is 0 Å². The Morgan fingerprint density at radius 1 is 1.24 bits per heavy atom. The molecular formula is C15H16F3N3. The number of nitrogens with zero attached hydrogens (tertiary/aromatic N) is 2. The number of aryl methyl sites for hydroxylation is 1. The van der Waals surface area contributed by atoms with Gasteiger partial charge in [0.25, 0.3) is 0 Å². The molecule has 3 rings (SSSR count). The van der Waals surface area contributed by atoms with Gasteiger partial charge in [0.15, 0.2) is 0 Å². The van der Waals surface area contributed by atoms with Crippen molar-refractivity contribution in [1.29, 1.82) is 0 Å². The zero-order valence-electron chi connectivity index (χ0n) is 11.7. The smallest absolute Gasteiger partial charge is 0.369 e. The zero-order valence-corrected chi connectivity index (χ0v) is 11.7. The maximum atomic E-state index is 12.6. The van der Waals surface area contributed by atoms with Crippen LogP contribution in [-0.2, 0) is 19.0 Å². The summed E-state index contributed by atoms with van der Waals surface area (Å²) in [5.41, 5.74) is 2.24. The summed E-state index contributed by atoms with van der Waals surface area (Å²) in [4.78, 5) is 0. The molecule has 0 bridgehead atoms. The zero-order chi connectivity index (χ0) is 15.0. The van der Waals surface area contributed by atoms with E-state index in [2.05, 4.69) is 17.3 Å². The fourth-order valence-electron chi connectivity index (χ4n) is 2.66. The van der Waals surface area contributed by atoms with Crippen molar-refractivity contribution in [2.45, 2.75) is 32.4 Å². The van der Waals surface area contributed by atoms with Crippen molar-refractivity contribution < 1.29 is 13.2 Å². The Morgan fingerprint density at radius 3 is 2.57 bits per heavy atom. The summed E-state index contributed by atoms with van der Waals surface area (Å²) in [5.74, 6) is 0.915. The van der Waals surface area contributed by atoms with Crippen molar-refractivity contribution in [3.8, 4) is 5.69 Å². The average Bonchev–Trinajstić information content (AvgIpc) is 3.02. The van der Waals surface area contributed by atoms with E-state index in [-0.39, 0.29) is 0 Å². The standard InChI is InChI=1S/C15H16F3N3/c1-2-3-13-12-8-9-19-14(12)21(20-13)11-6-4-10(5-7-11)15(16,17)18/h4-7,19H,2-3,8-9H2,1H3. The lowest BCUT2D eigenvalue weighted by atomic mass is 10.1. The van der Waals surface area contributed by atoms with Crippen LogP contribution in [0, 0.1) is 0 Å². The predicted molar refractivity (Wildman–Crippen MR) is 74.8 cm³/mol. The van der Waals surface area contributed by atoms with Crippen LogP contribution in [0.5, 0.6) is 0 Å². The van der Waals surface area contributed by atoms with Gasteiger partial charge in [-0.1, -0.05) is 13.3 Å². The number of hydrogen-bond donors (Lipinski definition) is 1. The van der Waals surface area contributed by atoms with Gasteiger partial charge in [0.05, 0.1) is 16.9 Å². The van der Waals surface area contributed by atoms with Crippen molar-refractivity contribution in [3.05, 3.63) is 41.1 Å². The van der Waals surface area contributed by atoms with E-state index in [1.165, 1.54) is 17.7 Å². The van der Waals surface area contributed by atoms with Gasteiger partial charge >= 0.3 is 6.18 Å². The number of rotatable bonds is 3. The second kappa shape index (κ2) is 5.09. The number of halogens is 3. The van der Waals surface area contributed by atoms with E-state index in [9.17, 15) is 13.2 Å². The Labute approximate surface area is 120 Å².